The minimum absolute atomic E-state index is 0.209. The molecule has 1 atom stereocenters. The first-order valence-corrected chi connectivity index (χ1v) is 6.84. The monoisotopic (exact) mass is 252 g/mol. The van der Waals surface area contributed by atoms with Crippen molar-refractivity contribution in [1.82, 2.24) is 0 Å². The normalized spacial score (nSPS) is 22.7. The van der Waals surface area contributed by atoms with E-state index in [-0.39, 0.29) is 11.2 Å². The van der Waals surface area contributed by atoms with E-state index in [1.165, 1.54) is 0 Å². The van der Waals surface area contributed by atoms with Gasteiger partial charge >= 0.3 is 0 Å². The molecular weight excluding hydrogens is 232 g/mol. The van der Waals surface area contributed by atoms with Crippen LogP contribution in [0.15, 0.2) is 36.4 Å². The summed E-state index contributed by atoms with van der Waals surface area (Å²) in [6.07, 6.45) is 3.19. The largest absolute Gasteiger partial charge is 0.295 e. The van der Waals surface area contributed by atoms with Gasteiger partial charge in [0, 0.05) is 12.3 Å². The van der Waals surface area contributed by atoms with Crippen molar-refractivity contribution in [3.63, 3.8) is 0 Å². The average molecular weight is 252 g/mol. The lowest BCUT2D eigenvalue weighted by Crippen LogP contribution is -2.23. The second kappa shape index (κ2) is 5.45. The molecule has 1 aromatic rings. The first-order valence-electron chi connectivity index (χ1n) is 6.84. The smallest absolute Gasteiger partial charge is 0.156 e. The van der Waals surface area contributed by atoms with Crippen molar-refractivity contribution in [1.29, 1.82) is 0 Å². The molecule has 0 N–H and O–H groups in total. The van der Waals surface area contributed by atoms with Crippen LogP contribution in [-0.4, -0.2) is 5.78 Å². The van der Waals surface area contributed by atoms with Crippen LogP contribution >= 0.6 is 0 Å². The summed E-state index contributed by atoms with van der Waals surface area (Å²) in [4.78, 5) is 11.7. The van der Waals surface area contributed by atoms with E-state index in [1.807, 2.05) is 18.2 Å². The Morgan fingerprint density at radius 3 is 2.53 bits per heavy atom. The van der Waals surface area contributed by atoms with Crippen LogP contribution in [0.25, 0.3) is 5.57 Å². The van der Waals surface area contributed by atoms with E-state index in [4.69, 9.17) is 0 Å². The molecule has 1 nitrogen and oxygen atoms in total. The highest BCUT2D eigenvalue weighted by Crippen LogP contribution is 2.41. The molecule has 0 saturated carbocycles. The molecule has 1 aromatic carbocycles. The van der Waals surface area contributed by atoms with E-state index in [1.54, 1.807) is 6.08 Å². The van der Waals surface area contributed by atoms with Crippen LogP contribution in [0, 0.1) is 23.2 Å². The minimum Gasteiger partial charge on any atom is -0.295 e. The Labute approximate surface area is 115 Å². The van der Waals surface area contributed by atoms with Gasteiger partial charge in [0.1, 0.15) is 0 Å². The van der Waals surface area contributed by atoms with Gasteiger partial charge in [-0.15, -0.1) is 0 Å². The van der Waals surface area contributed by atoms with E-state index in [0.29, 0.717) is 12.3 Å². The maximum absolute atomic E-state index is 11.7. The van der Waals surface area contributed by atoms with Gasteiger partial charge < -0.3 is 0 Å². The van der Waals surface area contributed by atoms with Crippen molar-refractivity contribution in [3.05, 3.63) is 42.0 Å². The fourth-order valence-corrected chi connectivity index (χ4v) is 2.35. The Balaban J connectivity index is 2.47. The molecule has 2 rings (SSSR count). The lowest BCUT2D eigenvalue weighted by molar-refractivity contribution is -0.115. The number of allylic oxidation sites excluding steroid dienone is 2. The summed E-state index contributed by atoms with van der Waals surface area (Å²) in [5.74, 6) is 7.23. The van der Waals surface area contributed by atoms with Gasteiger partial charge in [0.05, 0.1) is 5.41 Å². The molecular formula is C18H20O. The number of rotatable bonds is 1. The molecule has 0 spiro atoms. The molecule has 1 aliphatic carbocycles. The van der Waals surface area contributed by atoms with E-state index >= 15 is 0 Å². The maximum Gasteiger partial charge on any atom is 0.156 e. The Kier molecular flexibility index (Phi) is 3.90. The number of hydrogen-bond acceptors (Lipinski definition) is 1. The zero-order valence-corrected chi connectivity index (χ0v) is 11.9. The summed E-state index contributed by atoms with van der Waals surface area (Å²) in [6, 6.07) is 10.1. The van der Waals surface area contributed by atoms with Gasteiger partial charge in [0.2, 0.25) is 0 Å². The summed E-state index contributed by atoms with van der Waals surface area (Å²) in [5.41, 5.74) is 1.97. The van der Waals surface area contributed by atoms with Gasteiger partial charge in [0.25, 0.3) is 0 Å². The number of benzene rings is 1. The lowest BCUT2D eigenvalue weighted by atomic mass is 9.71. The van der Waals surface area contributed by atoms with Crippen LogP contribution in [0.5, 0.6) is 0 Å². The summed E-state index contributed by atoms with van der Waals surface area (Å²) in [5, 5.41) is 0. The highest BCUT2D eigenvalue weighted by atomic mass is 16.1. The van der Waals surface area contributed by atoms with Gasteiger partial charge in [-0.3, -0.25) is 4.79 Å². The predicted molar refractivity (Wildman–Crippen MR) is 79.4 cm³/mol. The van der Waals surface area contributed by atoms with E-state index in [9.17, 15) is 4.79 Å². The summed E-state index contributed by atoms with van der Waals surface area (Å²) >= 11 is 0. The van der Waals surface area contributed by atoms with Gasteiger partial charge in [-0.1, -0.05) is 56.0 Å². The highest BCUT2D eigenvalue weighted by Gasteiger charge is 2.32. The van der Waals surface area contributed by atoms with E-state index in [2.05, 4.69) is 44.7 Å². The molecule has 19 heavy (non-hydrogen) atoms. The van der Waals surface area contributed by atoms with Crippen molar-refractivity contribution in [3.8, 4) is 11.8 Å². The van der Waals surface area contributed by atoms with Crippen molar-refractivity contribution in [2.75, 3.05) is 0 Å². The minimum atomic E-state index is -0.209. The third-order valence-corrected chi connectivity index (χ3v) is 3.49. The maximum atomic E-state index is 11.7. The third-order valence-electron chi connectivity index (χ3n) is 3.49. The van der Waals surface area contributed by atoms with Gasteiger partial charge in [-0.2, -0.15) is 0 Å². The molecule has 1 heteroatoms. The van der Waals surface area contributed by atoms with E-state index in [0.717, 1.165) is 17.6 Å². The quantitative estimate of drug-likeness (QED) is 0.688. The Hall–Kier alpha value is -1.81. The Morgan fingerprint density at radius 2 is 1.89 bits per heavy atom. The molecule has 0 saturated heterocycles. The van der Waals surface area contributed by atoms with Crippen molar-refractivity contribution in [2.45, 2.75) is 33.6 Å². The van der Waals surface area contributed by atoms with Crippen LogP contribution in [0.1, 0.15) is 39.2 Å². The Morgan fingerprint density at radius 1 is 1.21 bits per heavy atom. The Bertz CT molecular complexity index is 554. The zero-order chi connectivity index (χ0) is 13.9. The number of ketones is 1. The summed E-state index contributed by atoms with van der Waals surface area (Å²) < 4.78 is 0. The SMILES string of the molecule is CC(C)C#CC1(C)CCC(=O)C=C1c1ccccc1. The van der Waals surface area contributed by atoms with Gasteiger partial charge in [0.15, 0.2) is 5.78 Å². The van der Waals surface area contributed by atoms with Gasteiger partial charge in [-0.25, -0.2) is 0 Å². The second-order valence-corrected chi connectivity index (χ2v) is 5.65. The highest BCUT2D eigenvalue weighted by molar-refractivity contribution is 6.00. The molecule has 1 aliphatic rings. The summed E-state index contributed by atoms with van der Waals surface area (Å²) in [6.45, 7) is 6.33. The lowest BCUT2D eigenvalue weighted by Gasteiger charge is -2.30. The number of hydrogen-bond donors (Lipinski definition) is 0. The van der Waals surface area contributed by atoms with Crippen molar-refractivity contribution < 1.29 is 4.79 Å². The van der Waals surface area contributed by atoms with Crippen LogP contribution in [-0.2, 0) is 4.79 Å². The van der Waals surface area contributed by atoms with Crippen LogP contribution in [0.2, 0.25) is 0 Å². The topological polar surface area (TPSA) is 17.1 Å². The van der Waals surface area contributed by atoms with Crippen LogP contribution in [0.3, 0.4) is 0 Å². The average Bonchev–Trinajstić information content (AvgIpc) is 2.41. The van der Waals surface area contributed by atoms with Crippen molar-refractivity contribution >= 4 is 11.4 Å². The summed E-state index contributed by atoms with van der Waals surface area (Å²) in [7, 11) is 0. The van der Waals surface area contributed by atoms with Crippen molar-refractivity contribution in [2.24, 2.45) is 11.3 Å². The van der Waals surface area contributed by atoms with Crippen LogP contribution < -0.4 is 0 Å². The fourth-order valence-electron chi connectivity index (χ4n) is 2.35. The molecule has 0 heterocycles. The molecule has 0 radical (unpaired) electrons. The van der Waals surface area contributed by atoms with Crippen LogP contribution in [0.4, 0.5) is 0 Å². The molecule has 0 aliphatic heterocycles. The number of carbonyl (C=O) groups excluding carboxylic acids is 1. The number of carbonyl (C=O) groups is 1. The third kappa shape index (κ3) is 3.15. The molecule has 0 fully saturated rings. The predicted octanol–water partition coefficient (Wildman–Crippen LogP) is 4.10. The molecule has 1 unspecified atom stereocenters. The molecule has 0 amide bonds. The molecule has 98 valence electrons. The van der Waals surface area contributed by atoms with E-state index < -0.39 is 0 Å². The molecule has 0 bridgehead atoms. The standard InChI is InChI=1S/C18H20O/c1-14(2)9-11-18(3)12-10-16(19)13-17(18)15-7-5-4-6-8-15/h4-8,13-14H,10,12H2,1-3H3. The molecule has 0 aromatic heterocycles. The fraction of sp³-hybridized carbons (Fsp3) is 0.389. The first kappa shape index (κ1) is 13.6. The first-order chi connectivity index (χ1) is 9.01. The zero-order valence-electron chi connectivity index (χ0n) is 11.9. The second-order valence-electron chi connectivity index (χ2n) is 5.65. The van der Waals surface area contributed by atoms with Gasteiger partial charge in [-0.05, 0) is 30.6 Å².